The van der Waals surface area contributed by atoms with Crippen molar-refractivity contribution in [1.82, 2.24) is 19.5 Å². The number of carbonyl (C=O) groups is 1. The Morgan fingerprint density at radius 2 is 1.90 bits per heavy atom. The molecule has 0 unspecified atom stereocenters. The van der Waals surface area contributed by atoms with E-state index in [2.05, 4.69) is 15.0 Å². The monoisotopic (exact) mass is 413 g/mol. The smallest absolute Gasteiger partial charge is 0.255 e. The normalized spacial score (nSPS) is 12.2. The highest BCUT2D eigenvalue weighted by molar-refractivity contribution is 6.00. The van der Waals surface area contributed by atoms with Crippen LogP contribution in [0.3, 0.4) is 0 Å². The summed E-state index contributed by atoms with van der Waals surface area (Å²) in [5, 5.41) is 0. The van der Waals surface area contributed by atoms with Crippen molar-refractivity contribution >= 4 is 17.4 Å². The number of nitrogens with zero attached hydrogens (tertiary/aromatic N) is 5. The van der Waals surface area contributed by atoms with Gasteiger partial charge in [0.15, 0.2) is 5.78 Å². The van der Waals surface area contributed by atoms with Gasteiger partial charge >= 0.3 is 0 Å². The fourth-order valence-corrected chi connectivity index (χ4v) is 3.66. The van der Waals surface area contributed by atoms with E-state index in [0.717, 1.165) is 11.3 Å². The molecule has 7 nitrogen and oxygen atoms in total. The van der Waals surface area contributed by atoms with Crippen LogP contribution in [0.5, 0.6) is 0 Å². The molecular weight excluding hydrogens is 397 g/mol. The number of rotatable bonds is 4. The third-order valence-electron chi connectivity index (χ3n) is 5.13. The topological polar surface area (TPSA) is 81.0 Å². The first-order chi connectivity index (χ1) is 15.1. The molecule has 0 saturated heterocycles. The summed E-state index contributed by atoms with van der Waals surface area (Å²) in [7, 11) is 0. The maximum atomic E-state index is 13.6. The van der Waals surface area contributed by atoms with Crippen molar-refractivity contribution in [3.8, 4) is 11.4 Å². The molecule has 31 heavy (non-hydrogen) atoms. The second-order valence-corrected chi connectivity index (χ2v) is 7.11. The summed E-state index contributed by atoms with van der Waals surface area (Å²) in [6.45, 7) is 0.242. The van der Waals surface area contributed by atoms with Crippen molar-refractivity contribution < 1.29 is 9.18 Å². The standard InChI is InChI=1S/C23H16FN5O2/c24-17-6-3-5-15(10-17)21(30)13-28-20-7-2-1-4-16(20)12-29-22(31)11-19(27-23(28)29)18-8-9-25-14-26-18/h1-11,14H,12-13H2. The van der Waals surface area contributed by atoms with Gasteiger partial charge in [-0.3, -0.25) is 14.2 Å². The van der Waals surface area contributed by atoms with Crippen LogP contribution >= 0.6 is 0 Å². The molecule has 0 radical (unpaired) electrons. The number of hydrogen-bond donors (Lipinski definition) is 0. The lowest BCUT2D eigenvalue weighted by molar-refractivity contribution is 0.100. The molecule has 0 atom stereocenters. The second kappa shape index (κ2) is 7.56. The van der Waals surface area contributed by atoms with Crippen LogP contribution in [0.2, 0.25) is 0 Å². The van der Waals surface area contributed by atoms with E-state index in [1.807, 2.05) is 24.3 Å². The van der Waals surface area contributed by atoms with Crippen molar-refractivity contribution in [3.63, 3.8) is 0 Å². The van der Waals surface area contributed by atoms with Crippen LogP contribution in [0.1, 0.15) is 15.9 Å². The quantitative estimate of drug-likeness (QED) is 0.478. The first-order valence-corrected chi connectivity index (χ1v) is 9.62. The summed E-state index contributed by atoms with van der Waals surface area (Å²) in [4.78, 5) is 40.3. The van der Waals surface area contributed by atoms with Crippen molar-refractivity contribution in [2.75, 3.05) is 11.4 Å². The van der Waals surface area contributed by atoms with Gasteiger partial charge in [-0.05, 0) is 29.8 Å². The molecule has 0 fully saturated rings. The number of Topliss-reactive ketones (excluding diaryl/α,β-unsaturated/α-hetero) is 1. The van der Waals surface area contributed by atoms with E-state index in [4.69, 9.17) is 0 Å². The molecule has 8 heteroatoms. The van der Waals surface area contributed by atoms with Crippen LogP contribution in [-0.4, -0.2) is 31.8 Å². The van der Waals surface area contributed by atoms with E-state index >= 15 is 0 Å². The predicted octanol–water partition coefficient (Wildman–Crippen LogP) is 3.22. The SMILES string of the molecule is O=C(CN1c2ccccc2Cn2c1nc(-c1ccncn1)cc2=O)c1cccc(F)c1. The zero-order chi connectivity index (χ0) is 21.4. The molecule has 0 N–H and O–H groups in total. The van der Waals surface area contributed by atoms with Gasteiger partial charge in [0, 0.05) is 23.5 Å². The third kappa shape index (κ3) is 3.48. The van der Waals surface area contributed by atoms with Crippen LogP contribution < -0.4 is 10.5 Å². The van der Waals surface area contributed by atoms with Gasteiger partial charge in [-0.2, -0.15) is 0 Å². The highest BCUT2D eigenvalue weighted by atomic mass is 19.1. The fourth-order valence-electron chi connectivity index (χ4n) is 3.66. The Bertz CT molecular complexity index is 1350. The van der Waals surface area contributed by atoms with Gasteiger partial charge in [0.05, 0.1) is 24.5 Å². The molecular formula is C23H16FN5O2. The summed E-state index contributed by atoms with van der Waals surface area (Å²) < 4.78 is 15.2. The number of fused-ring (bicyclic) bond motifs is 2. The number of para-hydroxylation sites is 1. The molecule has 1 aliphatic heterocycles. The Hall–Kier alpha value is -4.20. The molecule has 0 spiro atoms. The maximum absolute atomic E-state index is 13.6. The molecule has 0 aliphatic carbocycles. The Morgan fingerprint density at radius 3 is 2.71 bits per heavy atom. The van der Waals surface area contributed by atoms with Gasteiger partial charge in [0.2, 0.25) is 5.95 Å². The van der Waals surface area contributed by atoms with Gasteiger partial charge in [-0.25, -0.2) is 19.3 Å². The summed E-state index contributed by atoms with van der Waals surface area (Å²) in [5.41, 5.74) is 2.56. The number of halogens is 1. The van der Waals surface area contributed by atoms with Gasteiger partial charge in [0.1, 0.15) is 12.1 Å². The molecule has 1 aliphatic rings. The zero-order valence-electron chi connectivity index (χ0n) is 16.3. The molecule has 0 saturated carbocycles. The van der Waals surface area contributed by atoms with Crippen molar-refractivity contribution in [2.24, 2.45) is 0 Å². The molecule has 4 aromatic rings. The molecule has 0 amide bonds. The lowest BCUT2D eigenvalue weighted by Crippen LogP contribution is -2.37. The van der Waals surface area contributed by atoms with Crippen LogP contribution in [0.15, 0.2) is 78.0 Å². The van der Waals surface area contributed by atoms with Crippen LogP contribution in [0, 0.1) is 5.82 Å². The number of aromatic nitrogens is 4. The molecule has 3 heterocycles. The minimum absolute atomic E-state index is 0.0971. The van der Waals surface area contributed by atoms with Gasteiger partial charge in [-0.15, -0.1) is 0 Å². The minimum atomic E-state index is -0.481. The lowest BCUT2D eigenvalue weighted by atomic mass is 10.1. The first-order valence-electron chi connectivity index (χ1n) is 9.62. The lowest BCUT2D eigenvalue weighted by Gasteiger charge is -2.32. The average molecular weight is 413 g/mol. The van der Waals surface area contributed by atoms with E-state index in [1.165, 1.54) is 35.2 Å². The van der Waals surface area contributed by atoms with Crippen molar-refractivity contribution in [3.05, 3.63) is 100 Å². The molecule has 0 bridgehead atoms. The van der Waals surface area contributed by atoms with Gasteiger partial charge < -0.3 is 4.90 Å². The van der Waals surface area contributed by atoms with E-state index in [-0.39, 0.29) is 23.5 Å². The van der Waals surface area contributed by atoms with Crippen molar-refractivity contribution in [2.45, 2.75) is 6.54 Å². The zero-order valence-corrected chi connectivity index (χ0v) is 16.3. The summed E-state index contributed by atoms with van der Waals surface area (Å²) >= 11 is 0. The summed E-state index contributed by atoms with van der Waals surface area (Å²) in [6, 6.07) is 16.2. The van der Waals surface area contributed by atoms with E-state index < -0.39 is 5.82 Å². The minimum Gasteiger partial charge on any atom is -0.304 e. The third-order valence-corrected chi connectivity index (χ3v) is 5.13. The highest BCUT2D eigenvalue weighted by Crippen LogP contribution is 2.33. The Kier molecular flexibility index (Phi) is 4.59. The molecule has 5 rings (SSSR count). The number of hydrogen-bond acceptors (Lipinski definition) is 6. The van der Waals surface area contributed by atoms with E-state index in [1.54, 1.807) is 23.2 Å². The number of ketones is 1. The van der Waals surface area contributed by atoms with Crippen LogP contribution in [-0.2, 0) is 6.54 Å². The highest BCUT2D eigenvalue weighted by Gasteiger charge is 2.27. The van der Waals surface area contributed by atoms with Crippen molar-refractivity contribution in [1.29, 1.82) is 0 Å². The first kappa shape index (κ1) is 18.8. The maximum Gasteiger partial charge on any atom is 0.255 e. The molecule has 2 aromatic heterocycles. The summed E-state index contributed by atoms with van der Waals surface area (Å²) in [6.07, 6.45) is 2.95. The van der Waals surface area contributed by atoms with Gasteiger partial charge in [-0.1, -0.05) is 30.3 Å². The van der Waals surface area contributed by atoms with Crippen LogP contribution in [0.4, 0.5) is 16.0 Å². The predicted molar refractivity (Wildman–Crippen MR) is 113 cm³/mol. The largest absolute Gasteiger partial charge is 0.304 e. The molecule has 2 aromatic carbocycles. The van der Waals surface area contributed by atoms with E-state index in [0.29, 0.717) is 23.9 Å². The van der Waals surface area contributed by atoms with Crippen LogP contribution in [0.25, 0.3) is 11.4 Å². The Balaban J connectivity index is 1.63. The van der Waals surface area contributed by atoms with E-state index in [9.17, 15) is 14.0 Å². The Labute approximate surface area is 176 Å². The second-order valence-electron chi connectivity index (χ2n) is 7.11. The van der Waals surface area contributed by atoms with Gasteiger partial charge in [0.25, 0.3) is 5.56 Å². The summed E-state index contributed by atoms with van der Waals surface area (Å²) in [5.74, 6) is -0.431. The number of anilines is 2. The number of benzene rings is 2. The number of carbonyl (C=O) groups excluding carboxylic acids is 1. The molecule has 152 valence electrons. The fraction of sp³-hybridized carbons (Fsp3) is 0.0870. The average Bonchev–Trinajstić information content (AvgIpc) is 2.80. The Morgan fingerprint density at radius 1 is 1.03 bits per heavy atom.